The van der Waals surface area contributed by atoms with Crippen LogP contribution in [0.15, 0.2) is 63.9 Å². The molecule has 0 aliphatic heterocycles. The summed E-state index contributed by atoms with van der Waals surface area (Å²) in [5.41, 5.74) is 2.77. The number of hydrogen-bond acceptors (Lipinski definition) is 5. The average Bonchev–Trinajstić information content (AvgIpc) is 3.26. The van der Waals surface area contributed by atoms with E-state index in [1.165, 1.54) is 16.2 Å². The maximum atomic E-state index is 12.9. The van der Waals surface area contributed by atoms with Gasteiger partial charge < -0.3 is 9.84 Å². The molecule has 4 aromatic rings. The minimum atomic E-state index is -0.311. The molecule has 158 valence electrons. The lowest BCUT2D eigenvalue weighted by Gasteiger charge is -2.12. The summed E-state index contributed by atoms with van der Waals surface area (Å²) >= 11 is 0. The molecule has 1 N–H and O–H groups in total. The molecule has 0 saturated carbocycles. The lowest BCUT2D eigenvalue weighted by atomic mass is 10.1. The van der Waals surface area contributed by atoms with Crippen LogP contribution < -0.4 is 10.9 Å². The fraction of sp³-hybridized carbons (Fsp3) is 0.250. The standard InChI is InChI=1S/C24H24N4O3/c1-4-16-9-11-17(12-10-16)25-21(29)14-28-20-8-6-5-7-18(20)19(13-22(28)30)24-26-23(15(2)3)27-31-24/h5-13,15H,4,14H2,1-3H3,(H,25,29). The van der Waals surface area contributed by atoms with Crippen LogP contribution in [0.25, 0.3) is 22.4 Å². The molecule has 0 atom stereocenters. The number of nitrogens with one attached hydrogen (secondary N) is 1. The smallest absolute Gasteiger partial charge is 0.258 e. The zero-order valence-electron chi connectivity index (χ0n) is 17.8. The second-order valence-electron chi connectivity index (χ2n) is 7.71. The number of carbonyl (C=O) groups is 1. The number of amides is 1. The molecule has 7 heteroatoms. The number of aryl methyl sites for hydroxylation is 1. The van der Waals surface area contributed by atoms with Crippen molar-refractivity contribution in [2.45, 2.75) is 39.7 Å². The van der Waals surface area contributed by atoms with Crippen molar-refractivity contribution in [3.05, 3.63) is 76.3 Å². The Bertz CT molecular complexity index is 1290. The van der Waals surface area contributed by atoms with Crippen LogP contribution in [0, 0.1) is 0 Å². The summed E-state index contributed by atoms with van der Waals surface area (Å²) in [6, 6.07) is 16.5. The summed E-state index contributed by atoms with van der Waals surface area (Å²) in [6.45, 7) is 5.92. The van der Waals surface area contributed by atoms with E-state index >= 15 is 0 Å². The van der Waals surface area contributed by atoms with Crippen molar-refractivity contribution in [3.8, 4) is 11.5 Å². The fourth-order valence-electron chi connectivity index (χ4n) is 3.42. The highest BCUT2D eigenvalue weighted by Gasteiger charge is 2.18. The van der Waals surface area contributed by atoms with Gasteiger partial charge in [0.2, 0.25) is 5.91 Å². The van der Waals surface area contributed by atoms with Gasteiger partial charge in [0.1, 0.15) is 6.54 Å². The Hall–Kier alpha value is -3.74. The van der Waals surface area contributed by atoms with Gasteiger partial charge >= 0.3 is 0 Å². The molecule has 0 radical (unpaired) electrons. The molecule has 7 nitrogen and oxygen atoms in total. The Morgan fingerprint density at radius 1 is 1.13 bits per heavy atom. The SMILES string of the molecule is CCc1ccc(NC(=O)Cn2c(=O)cc(-c3nc(C(C)C)no3)c3ccccc32)cc1. The number of carbonyl (C=O) groups excluding carboxylic acids is 1. The van der Waals surface area contributed by atoms with Crippen molar-refractivity contribution < 1.29 is 9.32 Å². The number of fused-ring (bicyclic) bond motifs is 1. The number of pyridine rings is 1. The number of benzene rings is 2. The molecule has 0 aliphatic rings. The van der Waals surface area contributed by atoms with Crippen molar-refractivity contribution in [3.63, 3.8) is 0 Å². The van der Waals surface area contributed by atoms with Gasteiger partial charge in [0, 0.05) is 23.1 Å². The number of nitrogens with zero attached hydrogens (tertiary/aromatic N) is 3. The van der Waals surface area contributed by atoms with E-state index in [1.807, 2.05) is 62.4 Å². The van der Waals surface area contributed by atoms with Crippen molar-refractivity contribution in [2.75, 3.05) is 5.32 Å². The number of para-hydroxylation sites is 1. The highest BCUT2D eigenvalue weighted by Crippen LogP contribution is 2.27. The predicted molar refractivity (Wildman–Crippen MR) is 120 cm³/mol. The third kappa shape index (κ3) is 4.26. The molecule has 2 aromatic carbocycles. The third-order valence-corrected chi connectivity index (χ3v) is 5.16. The Balaban J connectivity index is 1.67. The van der Waals surface area contributed by atoms with Crippen LogP contribution in [0.5, 0.6) is 0 Å². The van der Waals surface area contributed by atoms with Gasteiger partial charge in [0.25, 0.3) is 11.4 Å². The van der Waals surface area contributed by atoms with E-state index in [2.05, 4.69) is 22.4 Å². The summed E-state index contributed by atoms with van der Waals surface area (Å²) in [7, 11) is 0. The Morgan fingerprint density at radius 3 is 2.55 bits per heavy atom. The molecule has 1 amide bonds. The van der Waals surface area contributed by atoms with E-state index in [4.69, 9.17) is 4.52 Å². The molecule has 31 heavy (non-hydrogen) atoms. The lowest BCUT2D eigenvalue weighted by Crippen LogP contribution is -2.27. The molecule has 0 aliphatic carbocycles. The van der Waals surface area contributed by atoms with Crippen LogP contribution in [-0.4, -0.2) is 20.6 Å². The second kappa shape index (κ2) is 8.55. The van der Waals surface area contributed by atoms with Crippen LogP contribution in [0.2, 0.25) is 0 Å². The Labute approximate surface area is 179 Å². The molecular weight excluding hydrogens is 392 g/mol. The van der Waals surface area contributed by atoms with Gasteiger partial charge in [0.05, 0.1) is 11.1 Å². The van der Waals surface area contributed by atoms with Crippen molar-refractivity contribution in [2.24, 2.45) is 0 Å². The molecule has 0 unspecified atom stereocenters. The average molecular weight is 416 g/mol. The number of rotatable bonds is 6. The van der Waals surface area contributed by atoms with E-state index in [9.17, 15) is 9.59 Å². The van der Waals surface area contributed by atoms with Crippen LogP contribution in [0.4, 0.5) is 5.69 Å². The summed E-state index contributed by atoms with van der Waals surface area (Å²) < 4.78 is 6.86. The number of hydrogen-bond donors (Lipinski definition) is 1. The number of anilines is 1. The first-order chi connectivity index (χ1) is 15.0. The van der Waals surface area contributed by atoms with E-state index in [0.29, 0.717) is 28.5 Å². The Morgan fingerprint density at radius 2 is 1.87 bits per heavy atom. The molecule has 2 aromatic heterocycles. The quantitative estimate of drug-likeness (QED) is 0.504. The third-order valence-electron chi connectivity index (χ3n) is 5.16. The first kappa shape index (κ1) is 20.5. The second-order valence-corrected chi connectivity index (χ2v) is 7.71. The van der Waals surface area contributed by atoms with Gasteiger partial charge in [-0.2, -0.15) is 4.98 Å². The molecule has 0 fully saturated rings. The highest BCUT2D eigenvalue weighted by molar-refractivity contribution is 5.95. The van der Waals surface area contributed by atoms with E-state index in [-0.39, 0.29) is 23.9 Å². The summed E-state index contributed by atoms with van der Waals surface area (Å²) in [6.07, 6.45) is 0.931. The molecule has 2 heterocycles. The van der Waals surface area contributed by atoms with E-state index < -0.39 is 0 Å². The van der Waals surface area contributed by atoms with Gasteiger partial charge in [-0.05, 0) is 30.2 Å². The molecule has 0 bridgehead atoms. The predicted octanol–water partition coefficient (Wildman–Crippen LogP) is 4.38. The van der Waals surface area contributed by atoms with Crippen molar-refractivity contribution in [1.29, 1.82) is 0 Å². The maximum Gasteiger partial charge on any atom is 0.258 e. The minimum Gasteiger partial charge on any atom is -0.334 e. The Kier molecular flexibility index (Phi) is 5.66. The molecule has 0 saturated heterocycles. The van der Waals surface area contributed by atoms with Crippen molar-refractivity contribution >= 4 is 22.5 Å². The maximum absolute atomic E-state index is 12.9. The van der Waals surface area contributed by atoms with Gasteiger partial charge in [-0.25, -0.2) is 0 Å². The molecule has 4 rings (SSSR count). The first-order valence-electron chi connectivity index (χ1n) is 10.3. The lowest BCUT2D eigenvalue weighted by molar-refractivity contribution is -0.116. The topological polar surface area (TPSA) is 90.0 Å². The largest absolute Gasteiger partial charge is 0.334 e. The van der Waals surface area contributed by atoms with Crippen LogP contribution in [0.3, 0.4) is 0 Å². The van der Waals surface area contributed by atoms with Crippen molar-refractivity contribution in [1.82, 2.24) is 14.7 Å². The van der Waals surface area contributed by atoms with Gasteiger partial charge in [0.15, 0.2) is 5.82 Å². The molecule has 0 spiro atoms. The van der Waals surface area contributed by atoms with Gasteiger partial charge in [-0.3, -0.25) is 14.2 Å². The van der Waals surface area contributed by atoms with Gasteiger partial charge in [-0.15, -0.1) is 0 Å². The van der Waals surface area contributed by atoms with Crippen LogP contribution >= 0.6 is 0 Å². The minimum absolute atomic E-state index is 0.101. The van der Waals surface area contributed by atoms with E-state index in [1.54, 1.807) is 0 Å². The normalized spacial score (nSPS) is 11.2. The first-order valence-corrected chi connectivity index (χ1v) is 10.3. The summed E-state index contributed by atoms with van der Waals surface area (Å²) in [5, 5.41) is 7.62. The number of aromatic nitrogens is 3. The monoisotopic (exact) mass is 416 g/mol. The van der Waals surface area contributed by atoms with Crippen LogP contribution in [-0.2, 0) is 17.8 Å². The fourth-order valence-corrected chi connectivity index (χ4v) is 3.42. The zero-order chi connectivity index (χ0) is 22.0. The summed E-state index contributed by atoms with van der Waals surface area (Å²) in [5.74, 6) is 0.713. The highest BCUT2D eigenvalue weighted by atomic mass is 16.5. The van der Waals surface area contributed by atoms with E-state index in [0.717, 1.165) is 11.8 Å². The summed E-state index contributed by atoms with van der Waals surface area (Å²) in [4.78, 5) is 30.0. The molecular formula is C24H24N4O3. The van der Waals surface area contributed by atoms with Gasteiger partial charge in [-0.1, -0.05) is 56.3 Å². The zero-order valence-corrected chi connectivity index (χ0v) is 17.8. The van der Waals surface area contributed by atoms with Crippen LogP contribution in [0.1, 0.15) is 38.1 Å².